The molecule has 7 heteroatoms. The zero-order valence-corrected chi connectivity index (χ0v) is 11.6. The normalized spacial score (nSPS) is 14.7. The topological polar surface area (TPSA) is 64.6 Å². The molecule has 100 valence electrons. The first-order valence-electron chi connectivity index (χ1n) is 5.51. The van der Waals surface area contributed by atoms with Crippen LogP contribution in [0.5, 0.6) is 11.5 Å². The maximum absolute atomic E-state index is 11.8. The quantitative estimate of drug-likeness (QED) is 0.928. The number of ether oxygens (including phenoxy) is 2. The predicted octanol–water partition coefficient (Wildman–Crippen LogP) is 2.26. The van der Waals surface area contributed by atoms with Gasteiger partial charge < -0.3 is 9.47 Å². The molecule has 5 nitrogen and oxygen atoms in total. The van der Waals surface area contributed by atoms with Crippen LogP contribution >= 0.6 is 11.6 Å². The highest BCUT2D eigenvalue weighted by molar-refractivity contribution is 7.93. The van der Waals surface area contributed by atoms with Crippen LogP contribution in [0.2, 0.25) is 5.02 Å². The third-order valence-electron chi connectivity index (χ3n) is 2.50. The first-order valence-corrected chi connectivity index (χ1v) is 7.43. The molecule has 1 aliphatic rings. The number of hydrogen-bond acceptors (Lipinski definition) is 4. The average molecular weight is 292 g/mol. The van der Waals surface area contributed by atoms with Crippen LogP contribution in [-0.4, -0.2) is 26.9 Å². The summed E-state index contributed by atoms with van der Waals surface area (Å²) in [4.78, 5) is 0. The van der Waals surface area contributed by atoms with Crippen molar-refractivity contribution in [3.05, 3.63) is 17.2 Å². The highest BCUT2D eigenvalue weighted by Gasteiger charge is 2.20. The van der Waals surface area contributed by atoms with Gasteiger partial charge in [0, 0.05) is 12.1 Å². The number of hydrogen-bond donors (Lipinski definition) is 1. The van der Waals surface area contributed by atoms with Crippen LogP contribution in [0.4, 0.5) is 5.69 Å². The third kappa shape index (κ3) is 2.64. The first kappa shape index (κ1) is 13.3. The van der Waals surface area contributed by atoms with Gasteiger partial charge in [0.1, 0.15) is 13.2 Å². The highest BCUT2D eigenvalue weighted by Crippen LogP contribution is 2.38. The van der Waals surface area contributed by atoms with E-state index in [4.69, 9.17) is 21.1 Å². The van der Waals surface area contributed by atoms with Crippen LogP contribution in [-0.2, 0) is 10.0 Å². The van der Waals surface area contributed by atoms with Gasteiger partial charge in [-0.15, -0.1) is 0 Å². The summed E-state index contributed by atoms with van der Waals surface area (Å²) in [6.45, 7) is 4.08. The number of benzene rings is 1. The van der Waals surface area contributed by atoms with E-state index in [0.29, 0.717) is 30.4 Å². The van der Waals surface area contributed by atoms with Crippen molar-refractivity contribution in [3.63, 3.8) is 0 Å². The molecule has 0 fully saturated rings. The largest absolute Gasteiger partial charge is 0.486 e. The Bertz CT molecular complexity index is 556. The van der Waals surface area contributed by atoms with Crippen molar-refractivity contribution in [2.45, 2.75) is 19.1 Å². The molecule has 0 aliphatic carbocycles. The lowest BCUT2D eigenvalue weighted by Gasteiger charge is -2.20. The van der Waals surface area contributed by atoms with E-state index in [0.717, 1.165) is 0 Å². The second-order valence-electron chi connectivity index (χ2n) is 4.17. The van der Waals surface area contributed by atoms with Gasteiger partial charge in [0.2, 0.25) is 10.0 Å². The molecule has 1 heterocycles. The molecule has 0 radical (unpaired) electrons. The number of sulfonamides is 1. The van der Waals surface area contributed by atoms with E-state index in [2.05, 4.69) is 4.72 Å². The van der Waals surface area contributed by atoms with Gasteiger partial charge in [-0.25, -0.2) is 8.42 Å². The first-order chi connectivity index (χ1) is 8.40. The van der Waals surface area contributed by atoms with Gasteiger partial charge in [-0.1, -0.05) is 11.6 Å². The fraction of sp³-hybridized carbons (Fsp3) is 0.455. The standard InChI is InChI=1S/C11H14ClNO4S/c1-7(2)18(14,15)13-9-6-11-10(5-8(9)12)16-3-4-17-11/h5-7,13H,3-4H2,1-2H3. The molecule has 0 atom stereocenters. The van der Waals surface area contributed by atoms with Crippen molar-refractivity contribution in [1.82, 2.24) is 0 Å². The molecule has 0 unspecified atom stereocenters. The fourth-order valence-electron chi connectivity index (χ4n) is 1.41. The van der Waals surface area contributed by atoms with Gasteiger partial charge in [-0.05, 0) is 13.8 Å². The summed E-state index contributed by atoms with van der Waals surface area (Å²) in [6.07, 6.45) is 0. The van der Waals surface area contributed by atoms with E-state index in [1.807, 2.05) is 0 Å². The van der Waals surface area contributed by atoms with Crippen LogP contribution < -0.4 is 14.2 Å². The van der Waals surface area contributed by atoms with E-state index < -0.39 is 15.3 Å². The summed E-state index contributed by atoms with van der Waals surface area (Å²) in [5.41, 5.74) is 0.301. The lowest BCUT2D eigenvalue weighted by molar-refractivity contribution is 0.171. The Kier molecular flexibility index (Phi) is 3.59. The van der Waals surface area contributed by atoms with Crippen LogP contribution in [0, 0.1) is 0 Å². The SMILES string of the molecule is CC(C)S(=O)(=O)Nc1cc2c(cc1Cl)OCCO2. The second kappa shape index (κ2) is 4.85. The molecule has 1 aromatic rings. The summed E-state index contributed by atoms with van der Waals surface area (Å²) in [5, 5.41) is -0.259. The summed E-state index contributed by atoms with van der Waals surface area (Å²) in [6, 6.07) is 3.09. The summed E-state index contributed by atoms with van der Waals surface area (Å²) < 4.78 is 36.7. The number of fused-ring (bicyclic) bond motifs is 1. The monoisotopic (exact) mass is 291 g/mol. The molecular weight excluding hydrogens is 278 g/mol. The zero-order valence-electron chi connectivity index (χ0n) is 10.1. The minimum absolute atomic E-state index is 0.281. The van der Waals surface area contributed by atoms with Crippen LogP contribution in [0.3, 0.4) is 0 Å². The van der Waals surface area contributed by atoms with Crippen molar-refractivity contribution >= 4 is 27.3 Å². The summed E-state index contributed by atoms with van der Waals surface area (Å²) in [7, 11) is -3.43. The maximum Gasteiger partial charge on any atom is 0.235 e. The van der Waals surface area contributed by atoms with Crippen molar-refractivity contribution in [2.75, 3.05) is 17.9 Å². The molecule has 1 N–H and O–H groups in total. The average Bonchev–Trinajstić information content (AvgIpc) is 2.29. The lowest BCUT2D eigenvalue weighted by Crippen LogP contribution is -2.23. The van der Waals surface area contributed by atoms with E-state index in [1.54, 1.807) is 19.9 Å². The number of rotatable bonds is 3. The molecule has 0 saturated carbocycles. The van der Waals surface area contributed by atoms with Gasteiger partial charge in [-0.2, -0.15) is 0 Å². The Morgan fingerprint density at radius 2 is 1.78 bits per heavy atom. The number of halogens is 1. The van der Waals surface area contributed by atoms with Crippen molar-refractivity contribution < 1.29 is 17.9 Å². The maximum atomic E-state index is 11.8. The Morgan fingerprint density at radius 1 is 1.22 bits per heavy atom. The second-order valence-corrected chi connectivity index (χ2v) is 6.82. The molecule has 18 heavy (non-hydrogen) atoms. The van der Waals surface area contributed by atoms with Crippen LogP contribution in [0.1, 0.15) is 13.8 Å². The Morgan fingerprint density at radius 3 is 2.33 bits per heavy atom. The number of anilines is 1. The van der Waals surface area contributed by atoms with Crippen molar-refractivity contribution in [3.8, 4) is 11.5 Å². The highest BCUT2D eigenvalue weighted by atomic mass is 35.5. The van der Waals surface area contributed by atoms with Crippen molar-refractivity contribution in [1.29, 1.82) is 0 Å². The minimum atomic E-state index is -3.43. The van der Waals surface area contributed by atoms with E-state index >= 15 is 0 Å². The zero-order chi connectivity index (χ0) is 13.3. The van der Waals surface area contributed by atoms with Crippen molar-refractivity contribution in [2.24, 2.45) is 0 Å². The molecule has 1 aromatic carbocycles. The molecule has 0 saturated heterocycles. The summed E-state index contributed by atoms with van der Waals surface area (Å²) >= 11 is 6.01. The molecule has 0 bridgehead atoms. The van der Waals surface area contributed by atoms with Gasteiger partial charge in [0.15, 0.2) is 11.5 Å². The van der Waals surface area contributed by atoms with Gasteiger partial charge in [0.25, 0.3) is 0 Å². The minimum Gasteiger partial charge on any atom is -0.486 e. The molecular formula is C11H14ClNO4S. The van der Waals surface area contributed by atoms with E-state index in [1.165, 1.54) is 6.07 Å². The Labute approximate surface area is 111 Å². The van der Waals surface area contributed by atoms with Gasteiger partial charge >= 0.3 is 0 Å². The van der Waals surface area contributed by atoms with Crippen LogP contribution in [0.15, 0.2) is 12.1 Å². The van der Waals surface area contributed by atoms with E-state index in [-0.39, 0.29) is 5.02 Å². The molecule has 0 aromatic heterocycles. The summed E-state index contributed by atoms with van der Waals surface area (Å²) in [5.74, 6) is 1.02. The number of nitrogens with one attached hydrogen (secondary N) is 1. The van der Waals surface area contributed by atoms with E-state index in [9.17, 15) is 8.42 Å². The molecule has 2 rings (SSSR count). The van der Waals surface area contributed by atoms with Gasteiger partial charge in [-0.3, -0.25) is 4.72 Å². The molecule has 0 amide bonds. The Hall–Kier alpha value is -1.14. The Balaban J connectivity index is 2.35. The molecule has 0 spiro atoms. The third-order valence-corrected chi connectivity index (χ3v) is 4.56. The fourth-order valence-corrected chi connectivity index (χ4v) is 2.38. The smallest absolute Gasteiger partial charge is 0.235 e. The predicted molar refractivity (Wildman–Crippen MR) is 70.1 cm³/mol. The van der Waals surface area contributed by atoms with Crippen LogP contribution in [0.25, 0.3) is 0 Å². The van der Waals surface area contributed by atoms with Gasteiger partial charge in [0.05, 0.1) is 16.0 Å². The molecule has 1 aliphatic heterocycles. The lowest BCUT2D eigenvalue weighted by atomic mass is 10.2.